The molecule has 0 fully saturated rings. The molecule has 14 rings (SSSR count). The van der Waals surface area contributed by atoms with E-state index in [2.05, 4.69) is 213 Å². The normalized spacial score (nSPS) is 15.6. The van der Waals surface area contributed by atoms with Crippen LogP contribution >= 0.6 is 0 Å². The van der Waals surface area contributed by atoms with E-state index in [0.29, 0.717) is 120 Å². The molecule has 0 radical (unpaired) electrons. The lowest BCUT2D eigenvalue weighted by Crippen LogP contribution is -2.28. The summed E-state index contributed by atoms with van der Waals surface area (Å²) in [6.07, 6.45) is 32.1. The van der Waals surface area contributed by atoms with Crippen molar-refractivity contribution in [2.45, 2.75) is 204 Å². The highest BCUT2D eigenvalue weighted by atomic mass is 32.2. The van der Waals surface area contributed by atoms with Gasteiger partial charge in [-0.05, 0) is 217 Å². The summed E-state index contributed by atoms with van der Waals surface area (Å²) in [6.45, 7) is 28.0. The molecule has 1 aromatic heterocycles. The number of alkyl carbamates (subject to hydrolysis) is 1. The number of aryl methyl sites for hydroxylation is 2. The van der Waals surface area contributed by atoms with Crippen LogP contribution < -0.4 is 15.1 Å². The number of allylic oxidation sites excluding steroid dienone is 12. The molecule has 38 heteroatoms. The molecule has 0 aliphatic carbocycles. The number of Topliss-reactive ketones (excluding diaryl/α,β-unsaturated/α-hetero) is 1. The molecule has 0 saturated carbocycles. The Balaban J connectivity index is 0.00000158. The molecule has 774 valence electrons. The van der Waals surface area contributed by atoms with Crippen molar-refractivity contribution < 1.29 is 114 Å². The number of aromatic nitrogens is 3. The summed E-state index contributed by atoms with van der Waals surface area (Å²) < 4.78 is 212. The average Bonchev–Trinajstić information content (AvgIpc) is 1.58. The Morgan fingerprint density at radius 3 is 1.67 bits per heavy atom. The van der Waals surface area contributed by atoms with Gasteiger partial charge in [0.15, 0.2) is 11.4 Å². The first-order chi connectivity index (χ1) is 68.9. The van der Waals surface area contributed by atoms with Crippen LogP contribution in [0.4, 0.5) is 27.5 Å². The third kappa shape index (κ3) is 29.7. The Morgan fingerprint density at radius 2 is 1.03 bits per heavy atom. The number of ketones is 1. The number of ether oxygens (including phenoxy) is 4. The molecule has 0 bridgehead atoms. The molecule has 5 heterocycles. The summed E-state index contributed by atoms with van der Waals surface area (Å²) in [6, 6.07) is 51.5. The van der Waals surface area contributed by atoms with Crippen molar-refractivity contribution >= 4 is 157 Å². The fourth-order valence-corrected chi connectivity index (χ4v) is 21.7. The lowest BCUT2D eigenvalue weighted by atomic mass is 9.79. The number of unbranched alkanes of at least 4 members (excludes halogenated alkanes) is 6. The number of hydrogen-bond acceptors (Lipinski definition) is 26. The highest BCUT2D eigenvalue weighted by Crippen LogP contribution is 2.54. The van der Waals surface area contributed by atoms with E-state index in [0.717, 1.165) is 108 Å². The molecule has 0 saturated heterocycles. The second-order valence-electron chi connectivity index (χ2n) is 37.8. The number of amides is 1. The molecule has 0 atom stereocenters. The van der Waals surface area contributed by atoms with Crippen LogP contribution in [0.25, 0.3) is 48.7 Å². The summed E-state index contributed by atoms with van der Waals surface area (Å²) in [4.78, 5) is 30.2. The second-order valence-corrected chi connectivity index (χ2v) is 43.4. The maximum Gasteiger partial charge on any atom is 0.425 e. The van der Waals surface area contributed by atoms with E-state index < -0.39 is 84.9 Å². The predicted molar refractivity (Wildman–Crippen MR) is 559 cm³/mol. The summed E-state index contributed by atoms with van der Waals surface area (Å²) in [5.74, 6) is -0.377. The lowest BCUT2D eigenvalue weighted by Gasteiger charge is -2.27. The van der Waals surface area contributed by atoms with E-state index in [1.54, 1.807) is 35.0 Å². The van der Waals surface area contributed by atoms with Gasteiger partial charge in [-0.15, -0.1) is 43.0 Å². The molecule has 0 spiro atoms. The summed E-state index contributed by atoms with van der Waals surface area (Å²) in [7, 11) is -23.1. The van der Waals surface area contributed by atoms with Gasteiger partial charge >= 0.3 is 37.9 Å². The minimum Gasteiger partial charge on any atom is -0.744 e. The molecule has 3 N–H and O–H groups in total. The van der Waals surface area contributed by atoms with Gasteiger partial charge in [0, 0.05) is 121 Å². The van der Waals surface area contributed by atoms with Crippen LogP contribution in [0.2, 0.25) is 0 Å². The van der Waals surface area contributed by atoms with E-state index in [1.165, 1.54) is 86.5 Å². The molecular formula is C107H127N8O24S6+. The Hall–Kier alpha value is -12.1. The van der Waals surface area contributed by atoms with Crippen molar-refractivity contribution in [2.24, 2.45) is 0 Å². The largest absolute Gasteiger partial charge is 0.744 e. The van der Waals surface area contributed by atoms with Crippen molar-refractivity contribution in [1.29, 1.82) is 0 Å². The molecule has 1 amide bonds. The maximum absolute atomic E-state index is 13.4. The summed E-state index contributed by atoms with van der Waals surface area (Å²) in [5, 5.41) is 18.9. The standard InChI is InChI=1S/C107H126N8O15S3.3O3S/c1-11-13-25-61-113-90-53-44-78-33-20-23-37-85(78)99(90)104(3,4)95(113)41-17-16-18-42-96-105(5,6)100-86-38-24-21-34-79(86)45-54-91(100)114(96)62-26-14-15-27-65-130-103(117)108-59-66-127-68-70-129-71-69-128-67-64-111-75-82(109-110-111)49-50-83(116)36-22-19-31-76-32-28-35-81(73-76)77(47-57-97-107(9,10)102-89-74-84(132(121,122)123)51-43-80(89)46-55-92(102)112(97)60-12-2)48-58-98-106(7,8)101-88-39-29-40-94(133(124,125)126)87(88)52-56-93(101)115(98)63-30-72-131(118,119)120;3*1-4(2)3/h16-18,20-21,23-24,28-29,32-35,37-48,51-58,73-75H,11-15,19,22,25-27,30-31,36,49-50,59-72H2,1-10H3,(H2-2,108,117,118,119,120,121,122,123,124,125,126);;;/p+1. The van der Waals surface area contributed by atoms with Crippen LogP contribution in [0.1, 0.15) is 192 Å². The van der Waals surface area contributed by atoms with Gasteiger partial charge in [0.05, 0.1) is 84.9 Å². The number of anilines is 2. The number of nitrogens with zero attached hydrogens (tertiary/aromatic N) is 7. The first-order valence-electron chi connectivity index (χ1n) is 48.4. The minimum absolute atomic E-state index is 0.0540. The van der Waals surface area contributed by atoms with Crippen molar-refractivity contribution in [2.75, 3.05) is 94.5 Å². The fourth-order valence-electron chi connectivity index (χ4n) is 20.0. The van der Waals surface area contributed by atoms with Gasteiger partial charge in [0.2, 0.25) is 11.4 Å². The number of hydrogen-bond donors (Lipinski definition) is 3. The van der Waals surface area contributed by atoms with Gasteiger partial charge in [-0.3, -0.25) is 13.9 Å². The van der Waals surface area contributed by atoms with Gasteiger partial charge in [0.1, 0.15) is 29.0 Å². The van der Waals surface area contributed by atoms with Crippen LogP contribution in [-0.2, 0) is 127 Å². The zero-order valence-corrected chi connectivity index (χ0v) is 88.1. The third-order valence-electron chi connectivity index (χ3n) is 26.4. The first kappa shape index (κ1) is 113. The first-order valence-corrected chi connectivity index (χ1v) is 55.9. The van der Waals surface area contributed by atoms with E-state index in [-0.39, 0.29) is 44.8 Å². The van der Waals surface area contributed by atoms with Gasteiger partial charge in [-0.25, -0.2) is 17.9 Å². The molecule has 32 nitrogen and oxygen atoms in total. The van der Waals surface area contributed by atoms with Crippen LogP contribution in [0.5, 0.6) is 0 Å². The van der Waals surface area contributed by atoms with E-state index in [4.69, 9.17) is 56.8 Å². The topological polar surface area (TPSA) is 446 Å². The Kier molecular flexibility index (Phi) is 40.1. The number of rotatable bonds is 46. The number of fused-ring (bicyclic) bond motifs is 12. The van der Waals surface area contributed by atoms with Crippen LogP contribution in [0.3, 0.4) is 0 Å². The quantitative estimate of drug-likeness (QED) is 0.0138. The van der Waals surface area contributed by atoms with Crippen molar-refractivity contribution in [3.63, 3.8) is 0 Å². The van der Waals surface area contributed by atoms with E-state index in [9.17, 15) is 48.5 Å². The van der Waals surface area contributed by atoms with Crippen molar-refractivity contribution in [3.05, 3.63) is 269 Å². The SMILES string of the molecule is CCCCC[N+]1=C(/C=C/C=C/C=C2/N(CCCCCCOC(=O)NCCOCCOCCOCCn3cc(CCC(=O)CCCCc4cccc(C(=C\C=C5\N(CCC)c6ccc7ccc(S(=O)(=O)O)cc7c6C5(C)C)/C=C/C5=[N+](CCCS(=O)(=O)O)c6ccc7c(S(=O)(=O)[O-])cccc7c6C5(C)C)c4)nn3)c3ccc4ccccc4c3C2(C)C)C(C)(C)c2c1ccc1ccccc21.O=S(=O)=O.O=S(=O)=O.O=S(=O)=O. The monoisotopic (exact) mass is 2100 g/mol. The van der Waals surface area contributed by atoms with Crippen LogP contribution in [0.15, 0.2) is 240 Å². The minimum atomic E-state index is -4.87. The average molecular weight is 2100 g/mol. The zero-order valence-electron chi connectivity index (χ0n) is 83.2. The zero-order chi connectivity index (χ0) is 105. The maximum atomic E-state index is 13.4. The number of carbonyl (C=O) groups excluding carboxylic acids is 2. The number of nitrogens with one attached hydrogen (secondary N) is 1. The highest BCUT2D eigenvalue weighted by molar-refractivity contribution is 7.86. The van der Waals surface area contributed by atoms with Gasteiger partial charge in [-0.2, -0.15) is 26.0 Å². The number of benzene rings is 9. The Morgan fingerprint density at radius 1 is 0.483 bits per heavy atom. The second kappa shape index (κ2) is 51.3. The molecule has 9 aromatic carbocycles. The summed E-state index contributed by atoms with van der Waals surface area (Å²) >= 11 is 0. The lowest BCUT2D eigenvalue weighted by molar-refractivity contribution is -0.438. The predicted octanol–water partition coefficient (Wildman–Crippen LogP) is 17.7. The molecule has 10 aromatic rings. The molecule has 0 unspecified atom stereocenters. The molecule has 145 heavy (non-hydrogen) atoms. The van der Waals surface area contributed by atoms with Crippen molar-refractivity contribution in [1.82, 2.24) is 20.3 Å². The van der Waals surface area contributed by atoms with Gasteiger partial charge < -0.3 is 38.6 Å². The fraction of sp³-hybridized carbons (Fsp3) is 0.402. The van der Waals surface area contributed by atoms with Crippen molar-refractivity contribution in [3.8, 4) is 0 Å². The van der Waals surface area contributed by atoms with Crippen LogP contribution in [0, 0.1) is 0 Å². The van der Waals surface area contributed by atoms with E-state index >= 15 is 0 Å². The van der Waals surface area contributed by atoms with Gasteiger partial charge in [-0.1, -0.05) is 187 Å². The summed E-state index contributed by atoms with van der Waals surface area (Å²) in [5.41, 5.74) is 14.4. The smallest absolute Gasteiger partial charge is 0.425 e. The van der Waals surface area contributed by atoms with Gasteiger partial charge in [0.25, 0.3) is 20.2 Å². The molecule has 4 aliphatic rings. The Bertz CT molecular complexity index is 7370. The molecule has 4 aliphatic heterocycles. The molecular weight excluding hydrogens is 1970 g/mol. The van der Waals surface area contributed by atoms with Crippen LogP contribution in [-0.4, -0.2) is 209 Å². The van der Waals surface area contributed by atoms with E-state index in [1.807, 2.05) is 61.0 Å². The third-order valence-corrected chi connectivity index (χ3v) is 29.0. The number of carbonyl (C=O) groups is 2. The highest BCUT2D eigenvalue weighted by Gasteiger charge is 2.49. The Labute approximate surface area is 852 Å².